The predicted molar refractivity (Wildman–Crippen MR) is 65.6 cm³/mol. The van der Waals surface area contributed by atoms with E-state index < -0.39 is 17.4 Å². The van der Waals surface area contributed by atoms with Crippen LogP contribution in [0.4, 0.5) is 0 Å². The molecule has 1 fully saturated rings. The summed E-state index contributed by atoms with van der Waals surface area (Å²) in [5.41, 5.74) is -0.495. The van der Waals surface area contributed by atoms with Gasteiger partial charge in [0.2, 0.25) is 5.91 Å². The number of piperidine rings is 1. The molecule has 0 saturated carbocycles. The summed E-state index contributed by atoms with van der Waals surface area (Å²) in [5, 5.41) is 9.17. The molecular weight excluding hydrogens is 218 g/mol. The van der Waals surface area contributed by atoms with Crippen LogP contribution >= 0.6 is 0 Å². The van der Waals surface area contributed by atoms with Crippen LogP contribution in [0.25, 0.3) is 0 Å². The zero-order chi connectivity index (χ0) is 13.2. The van der Waals surface area contributed by atoms with Crippen molar-refractivity contribution in [2.45, 2.75) is 53.0 Å². The molecule has 1 N–H and O–H groups in total. The number of hydrogen-bond acceptors (Lipinski definition) is 2. The molecule has 0 spiro atoms. The number of carboxylic acid groups (broad SMARTS) is 1. The van der Waals surface area contributed by atoms with Crippen molar-refractivity contribution in [3.8, 4) is 0 Å². The Hall–Kier alpha value is -1.06. The molecule has 4 heteroatoms. The Kier molecular flexibility index (Phi) is 4.17. The van der Waals surface area contributed by atoms with Crippen LogP contribution in [0, 0.1) is 11.3 Å². The maximum Gasteiger partial charge on any atom is 0.326 e. The van der Waals surface area contributed by atoms with Gasteiger partial charge in [-0.3, -0.25) is 4.79 Å². The highest BCUT2D eigenvalue weighted by molar-refractivity contribution is 5.87. The summed E-state index contributed by atoms with van der Waals surface area (Å²) < 4.78 is 0. The van der Waals surface area contributed by atoms with Gasteiger partial charge in [0.05, 0.1) is 0 Å². The molecule has 0 aromatic rings. The lowest BCUT2D eigenvalue weighted by atomic mass is 9.79. The number of carbonyl (C=O) groups is 2. The highest BCUT2D eigenvalue weighted by Crippen LogP contribution is 2.31. The second kappa shape index (κ2) is 5.07. The Morgan fingerprint density at radius 1 is 1.29 bits per heavy atom. The third-order valence-corrected chi connectivity index (χ3v) is 4.04. The van der Waals surface area contributed by atoms with E-state index in [0.717, 1.165) is 12.8 Å². The molecule has 0 aromatic carbocycles. The smallest absolute Gasteiger partial charge is 0.326 e. The van der Waals surface area contributed by atoms with Crippen molar-refractivity contribution in [1.82, 2.24) is 4.90 Å². The lowest BCUT2D eigenvalue weighted by Gasteiger charge is -2.39. The number of rotatable bonds is 3. The molecule has 1 atom stereocenters. The van der Waals surface area contributed by atoms with E-state index in [1.807, 2.05) is 27.7 Å². The number of nitrogens with zero attached hydrogens (tertiary/aromatic N) is 1. The fourth-order valence-electron chi connectivity index (χ4n) is 2.05. The molecular formula is C13H23NO3. The largest absolute Gasteiger partial charge is 0.480 e. The monoisotopic (exact) mass is 241 g/mol. The second-order valence-corrected chi connectivity index (χ2v) is 5.72. The van der Waals surface area contributed by atoms with Crippen LogP contribution in [0.15, 0.2) is 0 Å². The number of likely N-dealkylation sites (tertiary alicyclic amines) is 1. The standard InChI is InChI=1S/C13H23NO3/c1-9(2)13(3,4)12(17)14-8-6-5-7-10(14)11(15)16/h9-10H,5-8H2,1-4H3,(H,15,16). The minimum absolute atomic E-state index is 0.0281. The second-order valence-electron chi connectivity index (χ2n) is 5.72. The number of aliphatic carboxylic acids is 1. The number of carboxylic acids is 1. The van der Waals surface area contributed by atoms with E-state index >= 15 is 0 Å². The van der Waals surface area contributed by atoms with Crippen molar-refractivity contribution in [3.63, 3.8) is 0 Å². The minimum Gasteiger partial charge on any atom is -0.480 e. The summed E-state index contributed by atoms with van der Waals surface area (Å²) in [5.74, 6) is -0.705. The SMILES string of the molecule is CC(C)C(C)(C)C(=O)N1CCCCC1C(=O)O. The molecule has 1 aliphatic rings. The Morgan fingerprint density at radius 3 is 2.35 bits per heavy atom. The van der Waals surface area contributed by atoms with Crippen LogP contribution < -0.4 is 0 Å². The first-order valence-electron chi connectivity index (χ1n) is 6.32. The Balaban J connectivity index is 2.89. The molecule has 1 heterocycles. The van der Waals surface area contributed by atoms with E-state index in [1.54, 1.807) is 4.90 Å². The lowest BCUT2D eigenvalue weighted by molar-refractivity contribution is -0.157. The summed E-state index contributed by atoms with van der Waals surface area (Å²) in [6, 6.07) is -0.630. The maximum absolute atomic E-state index is 12.4. The average Bonchev–Trinajstić information content (AvgIpc) is 2.27. The Morgan fingerprint density at radius 2 is 1.88 bits per heavy atom. The lowest BCUT2D eigenvalue weighted by Crippen LogP contribution is -2.53. The van der Waals surface area contributed by atoms with Crippen molar-refractivity contribution >= 4 is 11.9 Å². The Labute approximate surface area is 103 Å². The summed E-state index contributed by atoms with van der Waals surface area (Å²) in [6.45, 7) is 8.36. The van der Waals surface area contributed by atoms with Crippen molar-refractivity contribution in [2.24, 2.45) is 11.3 Å². The van der Waals surface area contributed by atoms with Gasteiger partial charge in [-0.05, 0) is 25.2 Å². The van der Waals surface area contributed by atoms with E-state index in [4.69, 9.17) is 5.11 Å². The van der Waals surface area contributed by atoms with Gasteiger partial charge in [0.15, 0.2) is 0 Å². The zero-order valence-electron chi connectivity index (χ0n) is 11.2. The van der Waals surface area contributed by atoms with Gasteiger partial charge >= 0.3 is 5.97 Å². The fourth-order valence-corrected chi connectivity index (χ4v) is 2.05. The molecule has 0 aliphatic carbocycles. The van der Waals surface area contributed by atoms with Crippen molar-refractivity contribution < 1.29 is 14.7 Å². The molecule has 1 rings (SSSR count). The maximum atomic E-state index is 12.4. The zero-order valence-corrected chi connectivity index (χ0v) is 11.2. The molecule has 1 unspecified atom stereocenters. The number of carbonyl (C=O) groups excluding carboxylic acids is 1. The topological polar surface area (TPSA) is 57.6 Å². The average molecular weight is 241 g/mol. The fraction of sp³-hybridized carbons (Fsp3) is 0.846. The predicted octanol–water partition coefficient (Wildman–Crippen LogP) is 2.13. The molecule has 0 bridgehead atoms. The van der Waals surface area contributed by atoms with Crippen LogP contribution in [0.5, 0.6) is 0 Å². The first-order chi connectivity index (χ1) is 7.78. The summed E-state index contributed by atoms with van der Waals surface area (Å²) in [7, 11) is 0. The van der Waals surface area contributed by atoms with E-state index in [-0.39, 0.29) is 11.8 Å². The summed E-state index contributed by atoms with van der Waals surface area (Å²) in [4.78, 5) is 25.2. The Bertz CT molecular complexity index is 310. The normalized spacial score (nSPS) is 21.7. The third-order valence-electron chi connectivity index (χ3n) is 4.04. The van der Waals surface area contributed by atoms with E-state index in [0.29, 0.717) is 13.0 Å². The molecule has 98 valence electrons. The van der Waals surface area contributed by atoms with Crippen molar-refractivity contribution in [1.29, 1.82) is 0 Å². The van der Waals surface area contributed by atoms with Crippen LogP contribution in [-0.4, -0.2) is 34.5 Å². The van der Waals surface area contributed by atoms with Gasteiger partial charge in [0, 0.05) is 12.0 Å². The molecule has 1 saturated heterocycles. The van der Waals surface area contributed by atoms with E-state index in [2.05, 4.69) is 0 Å². The summed E-state index contributed by atoms with van der Waals surface area (Å²) in [6.07, 6.45) is 2.38. The highest BCUT2D eigenvalue weighted by atomic mass is 16.4. The molecule has 0 aromatic heterocycles. The van der Waals surface area contributed by atoms with Gasteiger partial charge in [0.1, 0.15) is 6.04 Å². The number of hydrogen-bond donors (Lipinski definition) is 1. The van der Waals surface area contributed by atoms with Gasteiger partial charge in [0.25, 0.3) is 0 Å². The van der Waals surface area contributed by atoms with E-state index in [9.17, 15) is 9.59 Å². The minimum atomic E-state index is -0.877. The van der Waals surface area contributed by atoms with Crippen molar-refractivity contribution in [2.75, 3.05) is 6.54 Å². The molecule has 1 amide bonds. The van der Waals surface area contributed by atoms with Gasteiger partial charge in [-0.2, -0.15) is 0 Å². The first kappa shape index (κ1) is 14.0. The quantitative estimate of drug-likeness (QED) is 0.823. The highest BCUT2D eigenvalue weighted by Gasteiger charge is 2.40. The van der Waals surface area contributed by atoms with Crippen LogP contribution in [-0.2, 0) is 9.59 Å². The van der Waals surface area contributed by atoms with Gasteiger partial charge in [-0.15, -0.1) is 0 Å². The first-order valence-corrected chi connectivity index (χ1v) is 6.32. The third kappa shape index (κ3) is 2.79. The van der Waals surface area contributed by atoms with Gasteiger partial charge in [-0.25, -0.2) is 4.79 Å². The van der Waals surface area contributed by atoms with Crippen molar-refractivity contribution in [3.05, 3.63) is 0 Å². The number of amides is 1. The van der Waals surface area contributed by atoms with Crippen LogP contribution in [0.1, 0.15) is 47.0 Å². The molecule has 17 heavy (non-hydrogen) atoms. The molecule has 1 aliphatic heterocycles. The van der Waals surface area contributed by atoms with Gasteiger partial charge < -0.3 is 10.0 Å². The van der Waals surface area contributed by atoms with E-state index in [1.165, 1.54) is 0 Å². The van der Waals surface area contributed by atoms with Gasteiger partial charge in [-0.1, -0.05) is 27.7 Å². The van der Waals surface area contributed by atoms with Crippen LogP contribution in [0.3, 0.4) is 0 Å². The molecule has 4 nitrogen and oxygen atoms in total. The molecule has 0 radical (unpaired) electrons. The van der Waals surface area contributed by atoms with Crippen LogP contribution in [0.2, 0.25) is 0 Å². The summed E-state index contributed by atoms with van der Waals surface area (Å²) >= 11 is 0.